The molecule has 0 bridgehead atoms. The summed E-state index contributed by atoms with van der Waals surface area (Å²) in [6, 6.07) is 3.60. The van der Waals surface area contributed by atoms with Crippen molar-refractivity contribution in [2.45, 2.75) is 26.4 Å². The predicted molar refractivity (Wildman–Crippen MR) is 65.8 cm³/mol. The summed E-state index contributed by atoms with van der Waals surface area (Å²) < 4.78 is 5.69. The van der Waals surface area contributed by atoms with E-state index in [1.165, 1.54) is 0 Å². The second-order valence-electron chi connectivity index (χ2n) is 4.92. The van der Waals surface area contributed by atoms with Crippen molar-refractivity contribution >= 4 is 5.91 Å². The molecule has 94 valence electrons. The quantitative estimate of drug-likeness (QED) is 0.837. The SMILES string of the molecule is CC(C)[C@H]1OCC[C@H]1CNC(=O)c1ccc[nH]1. The van der Waals surface area contributed by atoms with E-state index in [1.807, 2.05) is 6.07 Å². The minimum absolute atomic E-state index is 0.0376. The molecule has 1 aromatic rings. The number of H-pyrrole nitrogens is 1. The van der Waals surface area contributed by atoms with Crippen LogP contribution in [-0.4, -0.2) is 30.1 Å². The molecular formula is C13H20N2O2. The van der Waals surface area contributed by atoms with Gasteiger partial charge in [0.05, 0.1) is 6.10 Å². The fourth-order valence-electron chi connectivity index (χ4n) is 2.40. The monoisotopic (exact) mass is 236 g/mol. The number of amides is 1. The van der Waals surface area contributed by atoms with Gasteiger partial charge in [-0.05, 0) is 24.5 Å². The number of hydrogen-bond acceptors (Lipinski definition) is 2. The maximum atomic E-state index is 11.8. The van der Waals surface area contributed by atoms with Crippen LogP contribution in [0.3, 0.4) is 0 Å². The minimum Gasteiger partial charge on any atom is -0.378 e. The Hall–Kier alpha value is -1.29. The molecule has 1 aliphatic heterocycles. The van der Waals surface area contributed by atoms with E-state index < -0.39 is 0 Å². The van der Waals surface area contributed by atoms with E-state index in [1.54, 1.807) is 12.3 Å². The number of aromatic amines is 1. The molecule has 0 radical (unpaired) electrons. The molecule has 1 aliphatic rings. The summed E-state index contributed by atoms with van der Waals surface area (Å²) in [5.41, 5.74) is 0.616. The number of ether oxygens (including phenoxy) is 1. The van der Waals surface area contributed by atoms with Gasteiger partial charge in [0.2, 0.25) is 0 Å². The molecule has 4 nitrogen and oxygen atoms in total. The van der Waals surface area contributed by atoms with Gasteiger partial charge in [-0.25, -0.2) is 0 Å². The summed E-state index contributed by atoms with van der Waals surface area (Å²) in [7, 11) is 0. The number of hydrogen-bond donors (Lipinski definition) is 2. The molecule has 1 aromatic heterocycles. The van der Waals surface area contributed by atoms with E-state index >= 15 is 0 Å². The van der Waals surface area contributed by atoms with Gasteiger partial charge in [0.15, 0.2) is 0 Å². The van der Waals surface area contributed by atoms with Gasteiger partial charge in [-0.15, -0.1) is 0 Å². The van der Waals surface area contributed by atoms with Crippen molar-refractivity contribution in [2.24, 2.45) is 11.8 Å². The highest BCUT2D eigenvalue weighted by atomic mass is 16.5. The molecule has 1 fully saturated rings. The molecule has 0 aromatic carbocycles. The van der Waals surface area contributed by atoms with Crippen LogP contribution in [0.15, 0.2) is 18.3 Å². The summed E-state index contributed by atoms with van der Waals surface area (Å²) in [4.78, 5) is 14.7. The van der Waals surface area contributed by atoms with E-state index in [4.69, 9.17) is 4.74 Å². The van der Waals surface area contributed by atoms with Gasteiger partial charge in [-0.1, -0.05) is 13.8 Å². The third kappa shape index (κ3) is 2.88. The fraction of sp³-hybridized carbons (Fsp3) is 0.615. The molecule has 2 atom stereocenters. The third-order valence-electron chi connectivity index (χ3n) is 3.29. The normalized spacial score (nSPS) is 24.2. The molecule has 2 heterocycles. The number of rotatable bonds is 4. The highest BCUT2D eigenvalue weighted by Gasteiger charge is 2.30. The zero-order chi connectivity index (χ0) is 12.3. The average Bonchev–Trinajstić information content (AvgIpc) is 2.96. The first-order chi connectivity index (χ1) is 8.18. The van der Waals surface area contributed by atoms with Crippen molar-refractivity contribution in [1.29, 1.82) is 0 Å². The second kappa shape index (κ2) is 5.36. The lowest BCUT2D eigenvalue weighted by molar-refractivity contribution is 0.0533. The third-order valence-corrected chi connectivity index (χ3v) is 3.29. The molecule has 17 heavy (non-hydrogen) atoms. The smallest absolute Gasteiger partial charge is 0.267 e. The highest BCUT2D eigenvalue weighted by Crippen LogP contribution is 2.26. The lowest BCUT2D eigenvalue weighted by atomic mass is 9.93. The molecule has 1 amide bonds. The van der Waals surface area contributed by atoms with Crippen LogP contribution in [0.2, 0.25) is 0 Å². The molecule has 4 heteroatoms. The van der Waals surface area contributed by atoms with Crippen LogP contribution in [0, 0.1) is 11.8 Å². The van der Waals surface area contributed by atoms with Crippen LogP contribution in [0.5, 0.6) is 0 Å². The second-order valence-corrected chi connectivity index (χ2v) is 4.92. The van der Waals surface area contributed by atoms with E-state index in [9.17, 15) is 4.79 Å². The van der Waals surface area contributed by atoms with E-state index in [0.29, 0.717) is 24.1 Å². The minimum atomic E-state index is -0.0376. The Morgan fingerprint density at radius 2 is 2.47 bits per heavy atom. The zero-order valence-electron chi connectivity index (χ0n) is 10.4. The summed E-state index contributed by atoms with van der Waals surface area (Å²) in [6.45, 7) is 5.83. The van der Waals surface area contributed by atoms with Gasteiger partial charge >= 0.3 is 0 Å². The van der Waals surface area contributed by atoms with E-state index in [2.05, 4.69) is 24.1 Å². The maximum absolute atomic E-state index is 11.8. The van der Waals surface area contributed by atoms with Gasteiger partial charge in [0, 0.05) is 25.3 Å². The van der Waals surface area contributed by atoms with Crippen molar-refractivity contribution in [3.8, 4) is 0 Å². The fourth-order valence-corrected chi connectivity index (χ4v) is 2.40. The summed E-state index contributed by atoms with van der Waals surface area (Å²) in [5, 5.41) is 2.96. The first-order valence-corrected chi connectivity index (χ1v) is 6.21. The lowest BCUT2D eigenvalue weighted by Gasteiger charge is -2.22. The number of aromatic nitrogens is 1. The van der Waals surface area contributed by atoms with Crippen LogP contribution < -0.4 is 5.32 Å². The van der Waals surface area contributed by atoms with Gasteiger partial charge in [-0.2, -0.15) is 0 Å². The molecule has 2 rings (SSSR count). The zero-order valence-corrected chi connectivity index (χ0v) is 10.4. The van der Waals surface area contributed by atoms with Crippen molar-refractivity contribution in [3.63, 3.8) is 0 Å². The molecule has 0 unspecified atom stereocenters. The summed E-state index contributed by atoms with van der Waals surface area (Å²) in [5.74, 6) is 0.906. The Bertz CT molecular complexity index is 360. The molecule has 0 saturated carbocycles. The Labute approximate surface area is 102 Å². The van der Waals surface area contributed by atoms with Crippen molar-refractivity contribution < 1.29 is 9.53 Å². The van der Waals surface area contributed by atoms with Crippen LogP contribution >= 0.6 is 0 Å². The van der Waals surface area contributed by atoms with Crippen molar-refractivity contribution in [1.82, 2.24) is 10.3 Å². The maximum Gasteiger partial charge on any atom is 0.267 e. The van der Waals surface area contributed by atoms with Crippen molar-refractivity contribution in [2.75, 3.05) is 13.2 Å². The van der Waals surface area contributed by atoms with Gasteiger partial charge in [-0.3, -0.25) is 4.79 Å². The van der Waals surface area contributed by atoms with Crippen molar-refractivity contribution in [3.05, 3.63) is 24.0 Å². The lowest BCUT2D eigenvalue weighted by Crippen LogP contribution is -2.35. The average molecular weight is 236 g/mol. The number of nitrogens with one attached hydrogen (secondary N) is 2. The van der Waals surface area contributed by atoms with Gasteiger partial charge in [0.1, 0.15) is 5.69 Å². The Balaban J connectivity index is 1.84. The standard InChI is InChI=1S/C13H20N2O2/c1-9(2)12-10(5-7-17-12)8-15-13(16)11-4-3-6-14-11/h3-4,6,9-10,12,14H,5,7-8H2,1-2H3,(H,15,16)/t10-,12+/m0/s1. The van der Waals surface area contributed by atoms with Crippen LogP contribution in [0.1, 0.15) is 30.8 Å². The molecule has 0 aliphatic carbocycles. The van der Waals surface area contributed by atoms with Crippen LogP contribution in [-0.2, 0) is 4.74 Å². The van der Waals surface area contributed by atoms with Crippen LogP contribution in [0.4, 0.5) is 0 Å². The Morgan fingerprint density at radius 3 is 3.12 bits per heavy atom. The Kier molecular flexibility index (Phi) is 3.84. The molecule has 1 saturated heterocycles. The molecule has 2 N–H and O–H groups in total. The summed E-state index contributed by atoms with van der Waals surface area (Å²) >= 11 is 0. The van der Waals surface area contributed by atoms with Gasteiger partial charge < -0.3 is 15.0 Å². The summed E-state index contributed by atoms with van der Waals surface area (Å²) in [6.07, 6.45) is 3.07. The van der Waals surface area contributed by atoms with Gasteiger partial charge in [0.25, 0.3) is 5.91 Å². The largest absolute Gasteiger partial charge is 0.378 e. The molecular weight excluding hydrogens is 216 g/mol. The number of carbonyl (C=O) groups excluding carboxylic acids is 1. The van der Waals surface area contributed by atoms with E-state index in [0.717, 1.165) is 13.0 Å². The first kappa shape index (κ1) is 12.2. The van der Waals surface area contributed by atoms with E-state index in [-0.39, 0.29) is 12.0 Å². The first-order valence-electron chi connectivity index (χ1n) is 6.21. The topological polar surface area (TPSA) is 54.1 Å². The molecule has 0 spiro atoms. The number of carbonyl (C=O) groups is 1. The highest BCUT2D eigenvalue weighted by molar-refractivity contribution is 5.92. The predicted octanol–water partition coefficient (Wildman–Crippen LogP) is 1.81. The Morgan fingerprint density at radius 1 is 1.65 bits per heavy atom. The van der Waals surface area contributed by atoms with Crippen LogP contribution in [0.25, 0.3) is 0 Å².